The first kappa shape index (κ1) is 23.6. The first-order chi connectivity index (χ1) is 17.5. The second-order valence-corrected chi connectivity index (χ2v) is 8.63. The zero-order valence-electron chi connectivity index (χ0n) is 20.1. The molecule has 1 aliphatic rings. The summed E-state index contributed by atoms with van der Waals surface area (Å²) in [5, 5.41) is 7.45. The number of carbonyl (C=O) groups excluding carboxylic acids is 1. The molecule has 7 nitrogen and oxygen atoms in total. The highest BCUT2D eigenvalue weighted by molar-refractivity contribution is 6.30. The minimum absolute atomic E-state index is 0.232. The smallest absolute Gasteiger partial charge is 0.274 e. The molecule has 2 heterocycles. The first-order valence-corrected chi connectivity index (χ1v) is 11.7. The number of benzene rings is 3. The van der Waals surface area contributed by atoms with Crippen LogP contribution in [-0.4, -0.2) is 42.9 Å². The van der Waals surface area contributed by atoms with Crippen LogP contribution in [0.15, 0.2) is 77.9 Å². The molecule has 3 aromatic carbocycles. The van der Waals surface area contributed by atoms with E-state index in [9.17, 15) is 4.79 Å². The van der Waals surface area contributed by atoms with E-state index in [1.54, 1.807) is 39.5 Å². The van der Waals surface area contributed by atoms with Gasteiger partial charge in [-0.2, -0.15) is 5.10 Å². The minimum Gasteiger partial charge on any atom is -0.497 e. The predicted molar refractivity (Wildman–Crippen MR) is 139 cm³/mol. The van der Waals surface area contributed by atoms with Crippen molar-refractivity contribution in [3.63, 3.8) is 0 Å². The molecular weight excluding hydrogens is 478 g/mol. The second kappa shape index (κ2) is 9.87. The molecule has 0 fully saturated rings. The molecular formula is C28H24ClN3O4. The number of rotatable bonds is 6. The molecule has 4 aromatic rings. The number of carbonyl (C=O) groups is 1. The van der Waals surface area contributed by atoms with Crippen LogP contribution in [0.5, 0.6) is 17.2 Å². The van der Waals surface area contributed by atoms with Gasteiger partial charge in [-0.15, -0.1) is 0 Å². The summed E-state index contributed by atoms with van der Waals surface area (Å²) in [6.45, 7) is 0. The molecule has 1 aromatic heterocycles. The average molecular weight is 502 g/mol. The van der Waals surface area contributed by atoms with E-state index >= 15 is 0 Å². The van der Waals surface area contributed by atoms with Crippen molar-refractivity contribution in [2.75, 3.05) is 21.3 Å². The minimum atomic E-state index is -0.463. The fourth-order valence-corrected chi connectivity index (χ4v) is 4.63. The van der Waals surface area contributed by atoms with Gasteiger partial charge in [0.25, 0.3) is 5.91 Å². The van der Waals surface area contributed by atoms with E-state index in [0.717, 1.165) is 16.5 Å². The molecule has 0 saturated heterocycles. The van der Waals surface area contributed by atoms with Crippen molar-refractivity contribution < 1.29 is 19.0 Å². The van der Waals surface area contributed by atoms with Crippen molar-refractivity contribution >= 4 is 34.1 Å². The van der Waals surface area contributed by atoms with Crippen LogP contribution in [-0.2, 0) is 0 Å². The van der Waals surface area contributed by atoms with Crippen molar-refractivity contribution in [1.29, 1.82) is 0 Å². The van der Waals surface area contributed by atoms with E-state index < -0.39 is 6.04 Å². The standard InChI is InChI=1S/C28H24ClN3O4/c1-34-19-10-12-23-18(13-19)14-22(27(29)30-23)25-16-24(21-11-9-20(35-2)15-26(21)36-3)31-32(25)28(33)17-7-5-4-6-8-17/h4-15,25H,16H2,1-3H3/t25-/m1/s1. The number of hydrazone groups is 1. The Hall–Kier alpha value is -4.10. The van der Waals surface area contributed by atoms with E-state index in [1.165, 1.54) is 5.01 Å². The zero-order chi connectivity index (χ0) is 25.2. The molecule has 1 amide bonds. The van der Waals surface area contributed by atoms with Crippen LogP contribution in [0.25, 0.3) is 10.9 Å². The third-order valence-electron chi connectivity index (χ3n) is 6.22. The molecule has 0 N–H and O–H groups in total. The van der Waals surface area contributed by atoms with E-state index in [2.05, 4.69) is 4.98 Å². The Labute approximate surface area is 213 Å². The first-order valence-electron chi connectivity index (χ1n) is 11.3. The maximum absolute atomic E-state index is 13.6. The number of amides is 1. The Bertz CT molecular complexity index is 1470. The monoisotopic (exact) mass is 501 g/mol. The maximum Gasteiger partial charge on any atom is 0.274 e. The predicted octanol–water partition coefficient (Wildman–Crippen LogP) is 5.91. The Kier molecular flexibility index (Phi) is 6.48. The Morgan fingerprint density at radius 1 is 0.917 bits per heavy atom. The molecule has 0 unspecified atom stereocenters. The van der Waals surface area contributed by atoms with E-state index in [-0.39, 0.29) is 5.91 Å². The number of methoxy groups -OCH3 is 3. The molecule has 182 valence electrons. The van der Waals surface area contributed by atoms with Gasteiger partial charge < -0.3 is 14.2 Å². The van der Waals surface area contributed by atoms with Gasteiger partial charge >= 0.3 is 0 Å². The van der Waals surface area contributed by atoms with Gasteiger partial charge in [-0.25, -0.2) is 9.99 Å². The van der Waals surface area contributed by atoms with Gasteiger partial charge in [0.2, 0.25) is 0 Å². The largest absolute Gasteiger partial charge is 0.497 e. The maximum atomic E-state index is 13.6. The summed E-state index contributed by atoms with van der Waals surface area (Å²) in [4.78, 5) is 18.2. The van der Waals surface area contributed by atoms with Crippen molar-refractivity contribution in [2.45, 2.75) is 12.5 Å². The van der Waals surface area contributed by atoms with Gasteiger partial charge in [0.1, 0.15) is 22.4 Å². The van der Waals surface area contributed by atoms with Crippen LogP contribution in [0.2, 0.25) is 5.15 Å². The molecule has 0 bridgehead atoms. The number of nitrogens with zero attached hydrogens (tertiary/aromatic N) is 3. The van der Waals surface area contributed by atoms with E-state index in [4.69, 9.17) is 30.9 Å². The van der Waals surface area contributed by atoms with Crippen LogP contribution < -0.4 is 14.2 Å². The number of fused-ring (bicyclic) bond motifs is 1. The summed E-state index contributed by atoms with van der Waals surface area (Å²) in [5.41, 5.74) is 3.44. The van der Waals surface area contributed by atoms with Crippen molar-refractivity contribution in [3.05, 3.63) is 94.6 Å². The van der Waals surface area contributed by atoms with Gasteiger partial charge in [0, 0.05) is 34.6 Å². The number of pyridine rings is 1. The quantitative estimate of drug-likeness (QED) is 0.307. The lowest BCUT2D eigenvalue weighted by Crippen LogP contribution is -2.27. The number of hydrogen-bond acceptors (Lipinski definition) is 6. The van der Waals surface area contributed by atoms with Crippen molar-refractivity contribution in [3.8, 4) is 17.2 Å². The summed E-state index contributed by atoms with van der Waals surface area (Å²) in [5.74, 6) is 1.75. The van der Waals surface area contributed by atoms with Crippen molar-refractivity contribution in [1.82, 2.24) is 9.99 Å². The lowest BCUT2D eigenvalue weighted by molar-refractivity contribution is 0.0711. The third kappa shape index (κ3) is 4.33. The number of aromatic nitrogens is 1. The van der Waals surface area contributed by atoms with Crippen LogP contribution >= 0.6 is 11.6 Å². The molecule has 5 rings (SSSR count). The normalized spacial score (nSPS) is 15.1. The summed E-state index contributed by atoms with van der Waals surface area (Å²) >= 11 is 6.69. The molecule has 36 heavy (non-hydrogen) atoms. The second-order valence-electron chi connectivity index (χ2n) is 8.28. The fourth-order valence-electron chi connectivity index (χ4n) is 4.36. The topological polar surface area (TPSA) is 73.2 Å². The molecule has 0 aliphatic carbocycles. The van der Waals surface area contributed by atoms with Crippen molar-refractivity contribution in [2.24, 2.45) is 5.10 Å². The summed E-state index contributed by atoms with van der Waals surface area (Å²) in [6.07, 6.45) is 0.429. The third-order valence-corrected chi connectivity index (χ3v) is 6.52. The lowest BCUT2D eigenvalue weighted by atomic mass is 9.97. The van der Waals surface area contributed by atoms with Gasteiger partial charge in [0.05, 0.1) is 38.6 Å². The molecule has 0 saturated carbocycles. The van der Waals surface area contributed by atoms with Crippen LogP contribution in [0, 0.1) is 0 Å². The average Bonchev–Trinajstić information content (AvgIpc) is 3.37. The van der Waals surface area contributed by atoms with Gasteiger partial charge in [0.15, 0.2) is 0 Å². The Morgan fingerprint density at radius 2 is 1.64 bits per heavy atom. The highest BCUT2D eigenvalue weighted by Gasteiger charge is 2.36. The van der Waals surface area contributed by atoms with Gasteiger partial charge in [-0.1, -0.05) is 29.8 Å². The van der Waals surface area contributed by atoms with Gasteiger partial charge in [-0.3, -0.25) is 4.79 Å². The van der Waals surface area contributed by atoms with Crippen LogP contribution in [0.1, 0.15) is 33.9 Å². The van der Waals surface area contributed by atoms with E-state index in [1.807, 2.05) is 54.6 Å². The summed E-state index contributed by atoms with van der Waals surface area (Å²) < 4.78 is 16.3. The Balaban J connectivity index is 1.62. The number of hydrogen-bond donors (Lipinski definition) is 0. The SMILES string of the molecule is COc1ccc(C2=NN(C(=O)c3ccccc3)[C@@H](c3cc4cc(OC)ccc4nc3Cl)C2)c(OC)c1. The van der Waals surface area contributed by atoms with Crippen LogP contribution in [0.4, 0.5) is 0 Å². The molecule has 1 atom stereocenters. The highest BCUT2D eigenvalue weighted by atomic mass is 35.5. The van der Waals surface area contributed by atoms with Gasteiger partial charge in [-0.05, 0) is 48.5 Å². The number of ether oxygens (including phenoxy) is 3. The Morgan fingerprint density at radius 3 is 2.36 bits per heavy atom. The molecule has 0 radical (unpaired) electrons. The highest BCUT2D eigenvalue weighted by Crippen LogP contribution is 2.40. The van der Waals surface area contributed by atoms with E-state index in [0.29, 0.717) is 45.7 Å². The molecule has 0 spiro atoms. The van der Waals surface area contributed by atoms with Crippen LogP contribution in [0.3, 0.4) is 0 Å². The lowest BCUT2D eigenvalue weighted by Gasteiger charge is -2.23. The molecule has 8 heteroatoms. The number of halogens is 1. The molecule has 1 aliphatic heterocycles. The summed E-state index contributed by atoms with van der Waals surface area (Å²) in [7, 11) is 4.81. The summed E-state index contributed by atoms with van der Waals surface area (Å²) in [6, 6.07) is 21.7. The zero-order valence-corrected chi connectivity index (χ0v) is 20.8. The fraction of sp³-hybridized carbons (Fsp3) is 0.179.